The first-order valence-corrected chi connectivity index (χ1v) is 6.83. The Balaban J connectivity index is 2.15. The van der Waals surface area contributed by atoms with Gasteiger partial charge in [0.1, 0.15) is 6.07 Å². The Labute approximate surface area is 106 Å². The van der Waals surface area contributed by atoms with Gasteiger partial charge in [-0.05, 0) is 30.7 Å². The van der Waals surface area contributed by atoms with E-state index in [1.807, 2.05) is 18.2 Å². The number of aliphatic hydroxyl groups is 1. The minimum Gasteiger partial charge on any atom is -0.393 e. The summed E-state index contributed by atoms with van der Waals surface area (Å²) in [5.41, 5.74) is 1.61. The Bertz CT molecular complexity index is 436. The lowest BCUT2D eigenvalue weighted by molar-refractivity contribution is 0.0836. The van der Waals surface area contributed by atoms with Crippen LogP contribution in [0.5, 0.6) is 0 Å². The maximum Gasteiger partial charge on any atom is 0.102 e. The molecular weight excluding hydrogens is 232 g/mol. The molecule has 0 saturated heterocycles. The average Bonchev–Trinajstić information content (AvgIpc) is 2.28. The van der Waals surface area contributed by atoms with E-state index in [0.717, 1.165) is 34.7 Å². The summed E-state index contributed by atoms with van der Waals surface area (Å²) in [7, 11) is 0. The second kappa shape index (κ2) is 5.44. The molecule has 0 radical (unpaired) electrons. The maximum atomic E-state index is 9.25. The molecule has 1 aliphatic rings. The highest BCUT2D eigenvalue weighted by atomic mass is 32.2. The van der Waals surface area contributed by atoms with Crippen molar-refractivity contribution in [2.45, 2.75) is 36.8 Å². The first-order chi connectivity index (χ1) is 8.24. The molecule has 0 bridgehead atoms. The van der Waals surface area contributed by atoms with E-state index in [2.05, 4.69) is 18.3 Å². The molecule has 1 aliphatic carbocycles. The number of rotatable bonds is 4. The van der Waals surface area contributed by atoms with Crippen LogP contribution in [-0.4, -0.2) is 23.0 Å². The van der Waals surface area contributed by atoms with Crippen molar-refractivity contribution in [3.05, 3.63) is 23.8 Å². The van der Waals surface area contributed by atoms with Gasteiger partial charge in [0.25, 0.3) is 0 Å². The van der Waals surface area contributed by atoms with Gasteiger partial charge in [-0.1, -0.05) is 13.0 Å². The summed E-state index contributed by atoms with van der Waals surface area (Å²) >= 11 is 1.68. The van der Waals surface area contributed by atoms with Gasteiger partial charge in [-0.15, -0.1) is 11.8 Å². The van der Waals surface area contributed by atoms with Gasteiger partial charge in [-0.3, -0.25) is 0 Å². The van der Waals surface area contributed by atoms with Gasteiger partial charge in [0, 0.05) is 10.9 Å². The van der Waals surface area contributed by atoms with Crippen molar-refractivity contribution in [2.75, 3.05) is 11.1 Å². The van der Waals surface area contributed by atoms with Gasteiger partial charge in [0.2, 0.25) is 0 Å². The fourth-order valence-corrected chi connectivity index (χ4v) is 2.75. The molecule has 2 N–H and O–H groups in total. The van der Waals surface area contributed by atoms with Crippen LogP contribution in [-0.2, 0) is 0 Å². The highest BCUT2D eigenvalue weighted by Crippen LogP contribution is 2.31. The predicted molar refractivity (Wildman–Crippen MR) is 70.2 cm³/mol. The van der Waals surface area contributed by atoms with E-state index in [1.54, 1.807) is 11.8 Å². The van der Waals surface area contributed by atoms with Crippen molar-refractivity contribution in [1.29, 1.82) is 5.26 Å². The predicted octanol–water partition coefficient (Wildman–Crippen LogP) is 2.61. The van der Waals surface area contributed by atoms with E-state index in [9.17, 15) is 10.4 Å². The molecule has 2 rings (SSSR count). The molecule has 1 aromatic carbocycles. The lowest BCUT2D eigenvalue weighted by Gasteiger charge is -2.33. The standard InChI is InChI=1S/C13H16N2OS/c1-2-17-13-5-3-4-12(11(13)8-14)15-9-6-10(16)7-9/h3-5,9-10,15-16H,2,6-7H2,1H3. The lowest BCUT2D eigenvalue weighted by Crippen LogP contribution is -2.39. The quantitative estimate of drug-likeness (QED) is 0.804. The summed E-state index contributed by atoms with van der Waals surface area (Å²) in [6.45, 7) is 2.08. The van der Waals surface area contributed by atoms with Crippen molar-refractivity contribution in [3.63, 3.8) is 0 Å². The van der Waals surface area contributed by atoms with Crippen LogP contribution < -0.4 is 5.32 Å². The fraction of sp³-hybridized carbons (Fsp3) is 0.462. The SMILES string of the molecule is CCSc1cccc(NC2CC(O)C2)c1C#N. The van der Waals surface area contributed by atoms with Crippen LogP contribution in [0.3, 0.4) is 0 Å². The van der Waals surface area contributed by atoms with Crippen LogP contribution in [0.2, 0.25) is 0 Å². The van der Waals surface area contributed by atoms with Gasteiger partial charge in [-0.25, -0.2) is 0 Å². The van der Waals surface area contributed by atoms with Gasteiger partial charge in [-0.2, -0.15) is 5.26 Å². The Morgan fingerprint density at radius 1 is 1.53 bits per heavy atom. The topological polar surface area (TPSA) is 56.0 Å². The van der Waals surface area contributed by atoms with E-state index in [1.165, 1.54) is 0 Å². The molecule has 1 fully saturated rings. The Kier molecular flexibility index (Phi) is 3.93. The Morgan fingerprint density at radius 3 is 2.88 bits per heavy atom. The molecule has 1 saturated carbocycles. The Hall–Kier alpha value is -1.18. The van der Waals surface area contributed by atoms with Crippen LogP contribution in [0.15, 0.2) is 23.1 Å². The van der Waals surface area contributed by atoms with E-state index < -0.39 is 0 Å². The number of nitrogens with one attached hydrogen (secondary N) is 1. The number of benzene rings is 1. The summed E-state index contributed by atoms with van der Waals surface area (Å²) < 4.78 is 0. The van der Waals surface area contributed by atoms with Crippen molar-refractivity contribution in [1.82, 2.24) is 0 Å². The van der Waals surface area contributed by atoms with E-state index in [0.29, 0.717) is 6.04 Å². The Morgan fingerprint density at radius 2 is 2.29 bits per heavy atom. The second-order valence-electron chi connectivity index (χ2n) is 4.19. The van der Waals surface area contributed by atoms with Gasteiger partial charge >= 0.3 is 0 Å². The minimum atomic E-state index is -0.175. The van der Waals surface area contributed by atoms with Crippen LogP contribution in [0.25, 0.3) is 0 Å². The maximum absolute atomic E-state index is 9.25. The van der Waals surface area contributed by atoms with Crippen LogP contribution in [0.4, 0.5) is 5.69 Å². The van der Waals surface area contributed by atoms with Gasteiger partial charge < -0.3 is 10.4 Å². The second-order valence-corrected chi connectivity index (χ2v) is 5.50. The molecule has 90 valence electrons. The largest absolute Gasteiger partial charge is 0.393 e. The molecule has 3 nitrogen and oxygen atoms in total. The molecule has 0 heterocycles. The number of thioether (sulfide) groups is 1. The normalized spacial score (nSPS) is 22.6. The number of aliphatic hydroxyl groups excluding tert-OH is 1. The van der Waals surface area contributed by atoms with Gasteiger partial charge in [0.05, 0.1) is 17.4 Å². The number of hydrogen-bond acceptors (Lipinski definition) is 4. The monoisotopic (exact) mass is 248 g/mol. The average molecular weight is 248 g/mol. The van der Waals surface area contributed by atoms with E-state index in [4.69, 9.17) is 0 Å². The molecule has 1 aromatic rings. The third kappa shape index (κ3) is 2.74. The number of nitriles is 1. The van der Waals surface area contributed by atoms with Gasteiger partial charge in [0.15, 0.2) is 0 Å². The zero-order valence-corrected chi connectivity index (χ0v) is 10.6. The first kappa shape index (κ1) is 12.3. The first-order valence-electron chi connectivity index (χ1n) is 5.85. The summed E-state index contributed by atoms with van der Waals surface area (Å²) in [6.07, 6.45) is 1.37. The zero-order valence-electron chi connectivity index (χ0n) is 9.81. The molecule has 0 atom stereocenters. The van der Waals surface area contributed by atoms with Crippen LogP contribution in [0, 0.1) is 11.3 Å². The molecule has 0 unspecified atom stereocenters. The molecule has 17 heavy (non-hydrogen) atoms. The smallest absolute Gasteiger partial charge is 0.102 e. The fourth-order valence-electron chi connectivity index (χ4n) is 1.97. The summed E-state index contributed by atoms with van der Waals surface area (Å²) in [6, 6.07) is 8.45. The van der Waals surface area contributed by atoms with Crippen molar-refractivity contribution >= 4 is 17.4 Å². The summed E-state index contributed by atoms with van der Waals surface area (Å²) in [4.78, 5) is 1.03. The molecule has 0 spiro atoms. The van der Waals surface area contributed by atoms with Crippen molar-refractivity contribution in [2.24, 2.45) is 0 Å². The lowest BCUT2D eigenvalue weighted by atomic mass is 9.89. The molecule has 0 aromatic heterocycles. The number of anilines is 1. The number of nitrogens with zero attached hydrogens (tertiary/aromatic N) is 1. The van der Waals surface area contributed by atoms with E-state index >= 15 is 0 Å². The van der Waals surface area contributed by atoms with E-state index in [-0.39, 0.29) is 6.10 Å². The summed E-state index contributed by atoms with van der Waals surface area (Å²) in [5.74, 6) is 0.959. The molecule has 0 amide bonds. The third-order valence-electron chi connectivity index (χ3n) is 2.91. The molecular formula is C13H16N2OS. The molecule has 4 heteroatoms. The van der Waals surface area contributed by atoms with Crippen LogP contribution in [0.1, 0.15) is 25.3 Å². The zero-order chi connectivity index (χ0) is 12.3. The third-order valence-corrected chi connectivity index (χ3v) is 3.85. The van der Waals surface area contributed by atoms with Crippen molar-refractivity contribution < 1.29 is 5.11 Å². The highest BCUT2D eigenvalue weighted by molar-refractivity contribution is 7.99. The van der Waals surface area contributed by atoms with Crippen LogP contribution >= 0.6 is 11.8 Å². The highest BCUT2D eigenvalue weighted by Gasteiger charge is 2.27. The minimum absolute atomic E-state index is 0.175. The molecule has 0 aliphatic heterocycles. The summed E-state index contributed by atoms with van der Waals surface area (Å²) in [5, 5.41) is 21.8. The number of hydrogen-bond donors (Lipinski definition) is 2. The van der Waals surface area contributed by atoms with Crippen molar-refractivity contribution in [3.8, 4) is 6.07 Å².